The van der Waals surface area contributed by atoms with Gasteiger partial charge in [0.05, 0.1) is 19.6 Å². The Morgan fingerprint density at radius 2 is 1.35 bits per heavy atom. The Bertz CT molecular complexity index is 799. The number of carbonyl (C=O) groups excluding carboxylic acids is 1. The van der Waals surface area contributed by atoms with Crippen molar-refractivity contribution in [3.63, 3.8) is 0 Å². The topological polar surface area (TPSA) is 38.3 Å². The molecule has 3 nitrogen and oxygen atoms in total. The Morgan fingerprint density at radius 1 is 0.731 bits per heavy atom. The zero-order valence-electron chi connectivity index (χ0n) is 14.7. The molecule has 26 heavy (non-hydrogen) atoms. The molecule has 0 aromatic heterocycles. The first-order valence-electron chi connectivity index (χ1n) is 8.84. The molecule has 0 saturated carbocycles. The smallest absolute Gasteiger partial charge is 0.224 e. The van der Waals surface area contributed by atoms with Gasteiger partial charge in [-0.2, -0.15) is 0 Å². The SMILES string of the molecule is O=C(Cc1ccc(-c2ccccc2)cc1)NCCOCc1ccccc1. The zero-order valence-corrected chi connectivity index (χ0v) is 14.7. The maximum atomic E-state index is 12.0. The number of carbonyl (C=O) groups is 1. The van der Waals surface area contributed by atoms with Gasteiger partial charge in [0.2, 0.25) is 5.91 Å². The van der Waals surface area contributed by atoms with Gasteiger partial charge in [-0.25, -0.2) is 0 Å². The lowest BCUT2D eigenvalue weighted by molar-refractivity contribution is -0.120. The van der Waals surface area contributed by atoms with E-state index in [0.29, 0.717) is 26.2 Å². The molecule has 0 atom stereocenters. The third-order valence-corrected chi connectivity index (χ3v) is 4.11. The van der Waals surface area contributed by atoms with E-state index in [0.717, 1.165) is 16.7 Å². The fourth-order valence-electron chi connectivity index (χ4n) is 2.72. The fraction of sp³-hybridized carbons (Fsp3) is 0.174. The van der Waals surface area contributed by atoms with Crippen LogP contribution in [-0.2, 0) is 22.6 Å². The number of rotatable bonds is 8. The summed E-state index contributed by atoms with van der Waals surface area (Å²) in [7, 11) is 0. The van der Waals surface area contributed by atoms with E-state index < -0.39 is 0 Å². The largest absolute Gasteiger partial charge is 0.375 e. The summed E-state index contributed by atoms with van der Waals surface area (Å²) in [5.74, 6) is 0.0146. The van der Waals surface area contributed by atoms with Crippen LogP contribution in [0.3, 0.4) is 0 Å². The zero-order chi connectivity index (χ0) is 18.0. The van der Waals surface area contributed by atoms with Crippen molar-refractivity contribution in [2.75, 3.05) is 13.2 Å². The molecule has 0 saturated heterocycles. The molecule has 0 aliphatic rings. The summed E-state index contributed by atoms with van der Waals surface area (Å²) in [6.07, 6.45) is 0.383. The first kappa shape index (κ1) is 17.9. The van der Waals surface area contributed by atoms with E-state index in [-0.39, 0.29) is 5.91 Å². The van der Waals surface area contributed by atoms with E-state index in [4.69, 9.17) is 4.74 Å². The average molecular weight is 345 g/mol. The van der Waals surface area contributed by atoms with Crippen LogP contribution in [-0.4, -0.2) is 19.1 Å². The minimum Gasteiger partial charge on any atom is -0.375 e. The highest BCUT2D eigenvalue weighted by atomic mass is 16.5. The van der Waals surface area contributed by atoms with Crippen LogP contribution in [0.5, 0.6) is 0 Å². The van der Waals surface area contributed by atoms with Gasteiger partial charge >= 0.3 is 0 Å². The molecule has 3 aromatic rings. The van der Waals surface area contributed by atoms with Crippen molar-refractivity contribution >= 4 is 5.91 Å². The Hall–Kier alpha value is -2.91. The van der Waals surface area contributed by atoms with Crippen LogP contribution in [0.25, 0.3) is 11.1 Å². The summed E-state index contributed by atoms with van der Waals surface area (Å²) in [6.45, 7) is 1.60. The number of amides is 1. The summed E-state index contributed by atoms with van der Waals surface area (Å²) in [6, 6.07) is 28.4. The van der Waals surface area contributed by atoms with E-state index in [2.05, 4.69) is 29.6 Å². The van der Waals surface area contributed by atoms with Crippen LogP contribution >= 0.6 is 0 Å². The van der Waals surface area contributed by atoms with Crippen molar-refractivity contribution in [3.8, 4) is 11.1 Å². The number of hydrogen-bond acceptors (Lipinski definition) is 2. The van der Waals surface area contributed by atoms with Crippen molar-refractivity contribution in [2.45, 2.75) is 13.0 Å². The van der Waals surface area contributed by atoms with Crippen molar-refractivity contribution in [2.24, 2.45) is 0 Å². The summed E-state index contributed by atoms with van der Waals surface area (Å²) >= 11 is 0. The molecule has 0 spiro atoms. The van der Waals surface area contributed by atoms with Crippen LogP contribution in [0, 0.1) is 0 Å². The lowest BCUT2D eigenvalue weighted by Gasteiger charge is -2.07. The third kappa shape index (κ3) is 5.57. The van der Waals surface area contributed by atoms with Gasteiger partial charge in [0.15, 0.2) is 0 Å². The molecule has 1 amide bonds. The second kappa shape index (κ2) is 9.54. The third-order valence-electron chi connectivity index (χ3n) is 4.11. The molecule has 0 aliphatic heterocycles. The lowest BCUT2D eigenvalue weighted by Crippen LogP contribution is -2.28. The number of hydrogen-bond donors (Lipinski definition) is 1. The molecular weight excluding hydrogens is 322 g/mol. The molecule has 0 fully saturated rings. The van der Waals surface area contributed by atoms with Gasteiger partial charge in [-0.3, -0.25) is 4.79 Å². The van der Waals surface area contributed by atoms with Crippen molar-refractivity contribution < 1.29 is 9.53 Å². The van der Waals surface area contributed by atoms with E-state index in [9.17, 15) is 4.79 Å². The molecule has 0 bridgehead atoms. The van der Waals surface area contributed by atoms with Crippen LogP contribution in [0.15, 0.2) is 84.9 Å². The summed E-state index contributed by atoms with van der Waals surface area (Å²) in [4.78, 5) is 12.0. The maximum absolute atomic E-state index is 12.0. The predicted molar refractivity (Wildman–Crippen MR) is 105 cm³/mol. The molecule has 3 aromatic carbocycles. The average Bonchev–Trinajstić information content (AvgIpc) is 2.70. The number of benzene rings is 3. The highest BCUT2D eigenvalue weighted by Gasteiger charge is 2.04. The second-order valence-corrected chi connectivity index (χ2v) is 6.13. The van der Waals surface area contributed by atoms with Crippen LogP contribution in [0.4, 0.5) is 0 Å². The van der Waals surface area contributed by atoms with Gasteiger partial charge in [0.25, 0.3) is 0 Å². The quantitative estimate of drug-likeness (QED) is 0.621. The van der Waals surface area contributed by atoms with Gasteiger partial charge in [-0.05, 0) is 22.3 Å². The minimum atomic E-state index is 0.0146. The Morgan fingerprint density at radius 3 is 2.04 bits per heavy atom. The molecule has 132 valence electrons. The van der Waals surface area contributed by atoms with Crippen LogP contribution in [0.2, 0.25) is 0 Å². The highest BCUT2D eigenvalue weighted by molar-refractivity contribution is 5.78. The summed E-state index contributed by atoms with van der Waals surface area (Å²) in [5, 5.41) is 2.90. The molecular formula is C23H23NO2. The standard InChI is InChI=1S/C23H23NO2/c25-23(24-15-16-26-18-20-7-3-1-4-8-20)17-19-11-13-22(14-12-19)21-9-5-2-6-10-21/h1-14H,15-18H2,(H,24,25). The Kier molecular flexibility index (Phi) is 6.57. The van der Waals surface area contributed by atoms with Crippen molar-refractivity contribution in [1.82, 2.24) is 5.32 Å². The normalized spacial score (nSPS) is 10.5. The van der Waals surface area contributed by atoms with E-state index in [1.807, 2.05) is 60.7 Å². The van der Waals surface area contributed by atoms with Crippen molar-refractivity contribution in [3.05, 3.63) is 96.1 Å². The Balaban J connectivity index is 1.38. The van der Waals surface area contributed by atoms with Gasteiger partial charge in [0, 0.05) is 6.54 Å². The van der Waals surface area contributed by atoms with Crippen LogP contribution in [0.1, 0.15) is 11.1 Å². The predicted octanol–water partition coefficient (Wildman–Crippen LogP) is 4.23. The molecule has 0 radical (unpaired) electrons. The van der Waals surface area contributed by atoms with E-state index >= 15 is 0 Å². The molecule has 0 unspecified atom stereocenters. The first-order chi connectivity index (χ1) is 12.8. The van der Waals surface area contributed by atoms with E-state index in [1.165, 1.54) is 5.56 Å². The number of ether oxygens (including phenoxy) is 1. The number of nitrogens with one attached hydrogen (secondary N) is 1. The summed E-state index contributed by atoms with van der Waals surface area (Å²) < 4.78 is 5.57. The second-order valence-electron chi connectivity index (χ2n) is 6.13. The Labute approximate surface area is 154 Å². The van der Waals surface area contributed by atoms with Gasteiger partial charge in [0.1, 0.15) is 0 Å². The van der Waals surface area contributed by atoms with Crippen molar-refractivity contribution in [1.29, 1.82) is 0 Å². The van der Waals surface area contributed by atoms with E-state index in [1.54, 1.807) is 0 Å². The first-order valence-corrected chi connectivity index (χ1v) is 8.84. The lowest BCUT2D eigenvalue weighted by atomic mass is 10.0. The molecule has 3 heteroatoms. The summed E-state index contributed by atoms with van der Waals surface area (Å²) in [5.41, 5.74) is 4.48. The molecule has 0 heterocycles. The maximum Gasteiger partial charge on any atom is 0.224 e. The van der Waals surface area contributed by atoms with Gasteiger partial charge in [-0.15, -0.1) is 0 Å². The molecule has 3 rings (SSSR count). The molecule has 1 N–H and O–H groups in total. The fourth-order valence-corrected chi connectivity index (χ4v) is 2.72. The van der Waals surface area contributed by atoms with Gasteiger partial charge in [-0.1, -0.05) is 84.9 Å². The van der Waals surface area contributed by atoms with Crippen LogP contribution < -0.4 is 5.32 Å². The molecule has 0 aliphatic carbocycles. The minimum absolute atomic E-state index is 0.0146. The monoisotopic (exact) mass is 345 g/mol. The highest BCUT2D eigenvalue weighted by Crippen LogP contribution is 2.19. The van der Waals surface area contributed by atoms with Gasteiger partial charge < -0.3 is 10.1 Å².